The van der Waals surface area contributed by atoms with Crippen LogP contribution < -0.4 is 5.56 Å². The van der Waals surface area contributed by atoms with Gasteiger partial charge < -0.3 is 5.11 Å². The number of rotatable bonds is 2. The largest absolute Gasteiger partial charge is 0.505 e. The maximum Gasteiger partial charge on any atom is 0.279 e. The number of hydrogen-bond acceptors (Lipinski definition) is 3. The predicted octanol–water partition coefficient (Wildman–Crippen LogP) is 3.66. The third kappa shape index (κ3) is 2.38. The predicted molar refractivity (Wildman–Crippen MR) is 87.8 cm³/mol. The van der Waals surface area contributed by atoms with Crippen LogP contribution in [0.4, 0.5) is 4.39 Å². The van der Waals surface area contributed by atoms with Gasteiger partial charge in [-0.05, 0) is 36.6 Å². The Morgan fingerprint density at radius 2 is 1.87 bits per heavy atom. The molecular weight excluding hydrogens is 295 g/mol. The molecule has 0 atom stereocenters. The molecule has 0 aliphatic rings. The van der Waals surface area contributed by atoms with Gasteiger partial charge in [0.05, 0.1) is 22.2 Å². The molecule has 0 aliphatic carbocycles. The van der Waals surface area contributed by atoms with E-state index in [4.69, 9.17) is 0 Å². The number of hydrogen-bond donors (Lipinski definition) is 1. The Balaban J connectivity index is 2.48. The topological polar surface area (TPSA) is 55.1 Å². The molecule has 5 heteroatoms. The highest BCUT2D eigenvalue weighted by Gasteiger charge is 2.20. The second-order valence-corrected chi connectivity index (χ2v) is 5.86. The molecule has 0 bridgehead atoms. The average Bonchev–Trinajstić information content (AvgIpc) is 2.52. The van der Waals surface area contributed by atoms with Crippen molar-refractivity contribution in [3.8, 4) is 11.4 Å². The van der Waals surface area contributed by atoms with Crippen LogP contribution in [-0.2, 0) is 0 Å². The maximum atomic E-state index is 14.4. The molecule has 3 rings (SSSR count). The SMILES string of the molecule is Cc1ccccc1-n1nc(C(C)C)c2c(F)c(O)ccc2c1=O. The Kier molecular flexibility index (Phi) is 3.64. The van der Waals surface area contributed by atoms with Crippen LogP contribution in [0.1, 0.15) is 31.0 Å². The van der Waals surface area contributed by atoms with E-state index in [9.17, 15) is 14.3 Å². The van der Waals surface area contributed by atoms with E-state index in [1.54, 1.807) is 6.07 Å². The molecule has 0 aliphatic heterocycles. The Morgan fingerprint density at radius 1 is 1.17 bits per heavy atom. The van der Waals surface area contributed by atoms with Gasteiger partial charge in [-0.15, -0.1) is 0 Å². The molecule has 0 saturated carbocycles. The fraction of sp³-hybridized carbons (Fsp3) is 0.222. The monoisotopic (exact) mass is 312 g/mol. The molecule has 0 fully saturated rings. The van der Waals surface area contributed by atoms with Crippen LogP contribution in [-0.4, -0.2) is 14.9 Å². The summed E-state index contributed by atoms with van der Waals surface area (Å²) in [7, 11) is 0. The van der Waals surface area contributed by atoms with Gasteiger partial charge in [0.2, 0.25) is 0 Å². The third-order valence-corrected chi connectivity index (χ3v) is 3.90. The highest BCUT2D eigenvalue weighted by Crippen LogP contribution is 2.29. The molecular formula is C18H17FN2O2. The van der Waals surface area contributed by atoms with Gasteiger partial charge in [0, 0.05) is 0 Å². The van der Waals surface area contributed by atoms with Crippen molar-refractivity contribution in [2.24, 2.45) is 0 Å². The van der Waals surface area contributed by atoms with Gasteiger partial charge in [0.25, 0.3) is 5.56 Å². The summed E-state index contributed by atoms with van der Waals surface area (Å²) in [6.45, 7) is 5.63. The summed E-state index contributed by atoms with van der Waals surface area (Å²) in [5.41, 5.74) is 1.60. The van der Waals surface area contributed by atoms with Gasteiger partial charge >= 0.3 is 0 Å². The lowest BCUT2D eigenvalue weighted by Gasteiger charge is -2.15. The molecule has 0 unspecified atom stereocenters. The zero-order valence-electron chi connectivity index (χ0n) is 13.2. The minimum atomic E-state index is -0.798. The van der Waals surface area contributed by atoms with Gasteiger partial charge in [-0.25, -0.2) is 4.39 Å². The molecule has 1 heterocycles. The van der Waals surface area contributed by atoms with Crippen molar-refractivity contribution in [3.05, 3.63) is 63.8 Å². The smallest absolute Gasteiger partial charge is 0.279 e. The Morgan fingerprint density at radius 3 is 2.52 bits per heavy atom. The first kappa shape index (κ1) is 15.2. The molecule has 1 aromatic heterocycles. The fourth-order valence-electron chi connectivity index (χ4n) is 2.68. The quantitative estimate of drug-likeness (QED) is 0.785. The van der Waals surface area contributed by atoms with Crippen molar-refractivity contribution in [1.82, 2.24) is 9.78 Å². The van der Waals surface area contributed by atoms with Crippen molar-refractivity contribution in [2.45, 2.75) is 26.7 Å². The molecule has 4 nitrogen and oxygen atoms in total. The summed E-state index contributed by atoms with van der Waals surface area (Å²) < 4.78 is 15.7. The van der Waals surface area contributed by atoms with Crippen LogP contribution in [0.25, 0.3) is 16.5 Å². The lowest BCUT2D eigenvalue weighted by atomic mass is 10.0. The van der Waals surface area contributed by atoms with Crippen LogP contribution in [0.3, 0.4) is 0 Å². The normalized spacial score (nSPS) is 11.3. The zero-order chi connectivity index (χ0) is 16.7. The van der Waals surface area contributed by atoms with E-state index in [1.165, 1.54) is 16.8 Å². The number of aromatic hydroxyl groups is 1. The van der Waals surface area contributed by atoms with Gasteiger partial charge in [0.1, 0.15) is 0 Å². The Labute approximate surface area is 132 Å². The standard InChI is InChI=1S/C18H17FN2O2/c1-10(2)17-15-12(8-9-14(22)16(15)19)18(23)21(20-17)13-7-5-4-6-11(13)3/h4-10,22H,1-3H3. The van der Waals surface area contributed by atoms with Crippen molar-refractivity contribution < 1.29 is 9.50 Å². The average molecular weight is 312 g/mol. The first-order valence-electron chi connectivity index (χ1n) is 7.42. The number of nitrogens with zero attached hydrogens (tertiary/aromatic N) is 2. The summed E-state index contributed by atoms with van der Waals surface area (Å²) >= 11 is 0. The summed E-state index contributed by atoms with van der Waals surface area (Å²) in [5, 5.41) is 14.3. The van der Waals surface area contributed by atoms with Crippen LogP contribution in [0.2, 0.25) is 0 Å². The van der Waals surface area contributed by atoms with Gasteiger partial charge in [-0.2, -0.15) is 9.78 Å². The molecule has 118 valence electrons. The third-order valence-electron chi connectivity index (χ3n) is 3.90. The number of halogens is 1. The van der Waals surface area contributed by atoms with E-state index < -0.39 is 17.1 Å². The lowest BCUT2D eigenvalue weighted by molar-refractivity contribution is 0.435. The number of benzene rings is 2. The van der Waals surface area contributed by atoms with Gasteiger partial charge in [-0.1, -0.05) is 32.0 Å². The van der Waals surface area contributed by atoms with Crippen molar-refractivity contribution in [3.63, 3.8) is 0 Å². The van der Waals surface area contributed by atoms with Gasteiger partial charge in [-0.3, -0.25) is 4.79 Å². The molecule has 0 amide bonds. The number of aromatic nitrogens is 2. The molecule has 1 N–H and O–H groups in total. The van der Waals surface area contributed by atoms with E-state index in [2.05, 4.69) is 5.10 Å². The number of para-hydroxylation sites is 1. The summed E-state index contributed by atoms with van der Waals surface area (Å²) in [6, 6.07) is 10.0. The minimum absolute atomic E-state index is 0.0924. The van der Waals surface area contributed by atoms with Gasteiger partial charge in [0.15, 0.2) is 11.6 Å². The zero-order valence-corrected chi connectivity index (χ0v) is 13.2. The van der Waals surface area contributed by atoms with Crippen molar-refractivity contribution in [2.75, 3.05) is 0 Å². The van der Waals surface area contributed by atoms with Crippen LogP contribution in [0.5, 0.6) is 5.75 Å². The van der Waals surface area contributed by atoms with E-state index in [0.29, 0.717) is 11.4 Å². The van der Waals surface area contributed by atoms with E-state index in [-0.39, 0.29) is 16.7 Å². The summed E-state index contributed by atoms with van der Waals surface area (Å²) in [4.78, 5) is 12.8. The lowest BCUT2D eigenvalue weighted by Crippen LogP contribution is -2.24. The summed E-state index contributed by atoms with van der Waals surface area (Å²) in [6.07, 6.45) is 0. The first-order valence-corrected chi connectivity index (χ1v) is 7.42. The van der Waals surface area contributed by atoms with Crippen LogP contribution in [0.15, 0.2) is 41.2 Å². The van der Waals surface area contributed by atoms with Crippen molar-refractivity contribution >= 4 is 10.8 Å². The summed E-state index contributed by atoms with van der Waals surface area (Å²) in [5.74, 6) is -1.38. The molecule has 0 radical (unpaired) electrons. The first-order chi connectivity index (χ1) is 10.9. The highest BCUT2D eigenvalue weighted by atomic mass is 19.1. The Bertz CT molecular complexity index is 961. The second-order valence-electron chi connectivity index (χ2n) is 5.86. The van der Waals surface area contributed by atoms with Crippen LogP contribution >= 0.6 is 0 Å². The number of fused-ring (bicyclic) bond motifs is 1. The number of phenols is 1. The van der Waals surface area contributed by atoms with E-state index in [1.807, 2.05) is 39.0 Å². The molecule has 23 heavy (non-hydrogen) atoms. The molecule has 0 spiro atoms. The van der Waals surface area contributed by atoms with Crippen LogP contribution in [0, 0.1) is 12.7 Å². The molecule has 2 aromatic carbocycles. The van der Waals surface area contributed by atoms with Crippen molar-refractivity contribution in [1.29, 1.82) is 0 Å². The van der Waals surface area contributed by atoms with E-state index in [0.717, 1.165) is 5.56 Å². The second kappa shape index (κ2) is 5.50. The number of phenolic OH excluding ortho intramolecular Hbond substituents is 1. The number of aryl methyl sites for hydroxylation is 1. The highest BCUT2D eigenvalue weighted by molar-refractivity contribution is 5.86. The maximum absolute atomic E-state index is 14.4. The molecule has 0 saturated heterocycles. The van der Waals surface area contributed by atoms with E-state index >= 15 is 0 Å². The fourth-order valence-corrected chi connectivity index (χ4v) is 2.68. The molecule has 3 aromatic rings. The minimum Gasteiger partial charge on any atom is -0.505 e. The Hall–Kier alpha value is -2.69.